The van der Waals surface area contributed by atoms with Gasteiger partial charge in [-0.2, -0.15) is 0 Å². The van der Waals surface area contributed by atoms with Crippen LogP contribution in [0.15, 0.2) is 29.4 Å². The van der Waals surface area contributed by atoms with Crippen molar-refractivity contribution in [3.8, 4) is 11.5 Å². The molecule has 2 heterocycles. The molecule has 0 aliphatic carbocycles. The van der Waals surface area contributed by atoms with Crippen LogP contribution in [0.25, 0.3) is 0 Å². The van der Waals surface area contributed by atoms with Gasteiger partial charge in [0.25, 0.3) is 0 Å². The lowest BCUT2D eigenvalue weighted by molar-refractivity contribution is -0.115. The minimum absolute atomic E-state index is 0.116. The van der Waals surface area contributed by atoms with Crippen molar-refractivity contribution in [1.29, 1.82) is 0 Å². The SMILES string of the molecule is COc1cccc(OC(C)c2nnc(SC(C)C(=O)Nc3nc(C)c(C)s3)n2CC(C)C)c1. The molecule has 0 saturated carbocycles. The highest BCUT2D eigenvalue weighted by Gasteiger charge is 2.24. The Bertz CT molecular complexity index is 1080. The largest absolute Gasteiger partial charge is 0.497 e. The van der Waals surface area contributed by atoms with Crippen molar-refractivity contribution in [2.45, 2.75) is 64.6 Å². The van der Waals surface area contributed by atoms with E-state index in [2.05, 4.69) is 34.3 Å². The van der Waals surface area contributed by atoms with Gasteiger partial charge in [-0.15, -0.1) is 21.5 Å². The van der Waals surface area contributed by atoms with Gasteiger partial charge in [0.1, 0.15) is 11.5 Å². The third-order valence-corrected chi connectivity index (χ3v) is 6.99. The Morgan fingerprint density at radius 3 is 2.55 bits per heavy atom. The maximum atomic E-state index is 12.8. The van der Waals surface area contributed by atoms with Gasteiger partial charge in [0.05, 0.1) is 18.1 Å². The van der Waals surface area contributed by atoms with Crippen LogP contribution in [0.3, 0.4) is 0 Å². The van der Waals surface area contributed by atoms with E-state index in [4.69, 9.17) is 9.47 Å². The summed E-state index contributed by atoms with van der Waals surface area (Å²) in [6, 6.07) is 7.47. The number of nitrogens with one attached hydrogen (secondary N) is 1. The summed E-state index contributed by atoms with van der Waals surface area (Å²) in [5, 5.41) is 12.7. The van der Waals surface area contributed by atoms with E-state index < -0.39 is 0 Å². The van der Waals surface area contributed by atoms with E-state index >= 15 is 0 Å². The molecule has 1 aromatic carbocycles. The topological polar surface area (TPSA) is 91.2 Å². The van der Waals surface area contributed by atoms with Gasteiger partial charge >= 0.3 is 0 Å². The number of carbonyl (C=O) groups is 1. The first kappa shape index (κ1) is 25.0. The number of carbonyl (C=O) groups excluding carboxylic acids is 1. The number of nitrogens with zero attached hydrogens (tertiary/aromatic N) is 4. The zero-order chi connectivity index (χ0) is 24.1. The highest BCUT2D eigenvalue weighted by atomic mass is 32.2. The third-order valence-electron chi connectivity index (χ3n) is 4.92. The first-order valence-corrected chi connectivity index (χ1v) is 12.5. The molecule has 10 heteroatoms. The molecular weight excluding hydrogens is 458 g/mol. The number of rotatable bonds is 10. The minimum Gasteiger partial charge on any atom is -0.497 e. The second-order valence-corrected chi connectivity index (χ2v) is 10.7. The van der Waals surface area contributed by atoms with E-state index in [1.54, 1.807) is 7.11 Å². The fourth-order valence-electron chi connectivity index (χ4n) is 3.10. The number of hydrogen-bond acceptors (Lipinski definition) is 8. The molecule has 178 valence electrons. The summed E-state index contributed by atoms with van der Waals surface area (Å²) in [4.78, 5) is 18.2. The van der Waals surface area contributed by atoms with Gasteiger partial charge in [0, 0.05) is 17.5 Å². The van der Waals surface area contributed by atoms with Crippen molar-refractivity contribution in [1.82, 2.24) is 19.7 Å². The van der Waals surface area contributed by atoms with Crippen LogP contribution in [0.1, 0.15) is 50.2 Å². The van der Waals surface area contributed by atoms with Crippen molar-refractivity contribution in [3.63, 3.8) is 0 Å². The molecule has 0 spiro atoms. The molecule has 1 N–H and O–H groups in total. The van der Waals surface area contributed by atoms with E-state index in [-0.39, 0.29) is 17.3 Å². The standard InChI is InChI=1S/C23H31N5O3S2/c1-13(2)12-28-20(15(4)31-19-10-8-9-18(11-19)30-7)26-27-23(28)33-17(6)21(29)25-22-24-14(3)16(5)32-22/h8-11,13,15,17H,12H2,1-7H3,(H,24,25,29). The van der Waals surface area contributed by atoms with Crippen molar-refractivity contribution >= 4 is 34.1 Å². The number of aromatic nitrogens is 4. The van der Waals surface area contributed by atoms with Crippen molar-refractivity contribution in [2.24, 2.45) is 5.92 Å². The molecule has 2 aromatic heterocycles. The van der Waals surface area contributed by atoms with Crippen LogP contribution in [0.4, 0.5) is 5.13 Å². The summed E-state index contributed by atoms with van der Waals surface area (Å²) in [7, 11) is 1.62. The lowest BCUT2D eigenvalue weighted by atomic mass is 10.2. The lowest BCUT2D eigenvalue weighted by Gasteiger charge is -2.19. The molecule has 3 rings (SSSR count). The van der Waals surface area contributed by atoms with Gasteiger partial charge in [-0.05, 0) is 45.7 Å². The van der Waals surface area contributed by atoms with Gasteiger partial charge in [-0.1, -0.05) is 31.7 Å². The number of methoxy groups -OCH3 is 1. The number of ether oxygens (including phenoxy) is 2. The normalized spacial score (nSPS) is 13.1. The van der Waals surface area contributed by atoms with Crippen LogP contribution >= 0.6 is 23.1 Å². The Labute approximate surface area is 203 Å². The molecule has 2 unspecified atom stereocenters. The molecule has 0 aliphatic rings. The number of aryl methyl sites for hydroxylation is 2. The quantitative estimate of drug-likeness (QED) is 0.388. The van der Waals surface area contributed by atoms with Crippen molar-refractivity contribution in [2.75, 3.05) is 12.4 Å². The maximum absolute atomic E-state index is 12.8. The lowest BCUT2D eigenvalue weighted by Crippen LogP contribution is -2.23. The molecule has 1 amide bonds. The molecule has 33 heavy (non-hydrogen) atoms. The Hall–Kier alpha value is -2.59. The van der Waals surface area contributed by atoms with E-state index in [1.165, 1.54) is 23.1 Å². The Kier molecular flexibility index (Phi) is 8.36. The Morgan fingerprint density at radius 1 is 1.18 bits per heavy atom. The summed E-state index contributed by atoms with van der Waals surface area (Å²) in [5.41, 5.74) is 0.932. The summed E-state index contributed by atoms with van der Waals surface area (Å²) in [5.74, 6) is 2.39. The first-order valence-electron chi connectivity index (χ1n) is 10.8. The average molecular weight is 490 g/mol. The molecule has 0 saturated heterocycles. The van der Waals surface area contributed by atoms with Crippen molar-refractivity contribution in [3.05, 3.63) is 40.7 Å². The monoisotopic (exact) mass is 489 g/mol. The molecule has 0 radical (unpaired) electrons. The highest BCUT2D eigenvalue weighted by Crippen LogP contribution is 2.30. The second kappa shape index (κ2) is 11.0. The number of benzene rings is 1. The fraction of sp³-hybridized carbons (Fsp3) is 0.478. The fourth-order valence-corrected chi connectivity index (χ4v) is 4.78. The van der Waals surface area contributed by atoms with E-state index in [0.29, 0.717) is 27.8 Å². The summed E-state index contributed by atoms with van der Waals surface area (Å²) in [6.07, 6.45) is -0.330. The van der Waals surface area contributed by atoms with Crippen LogP contribution in [0, 0.1) is 19.8 Å². The molecule has 8 nitrogen and oxygen atoms in total. The van der Waals surface area contributed by atoms with Crippen LogP contribution in [-0.2, 0) is 11.3 Å². The van der Waals surface area contributed by atoms with E-state index in [9.17, 15) is 4.79 Å². The van der Waals surface area contributed by atoms with Gasteiger partial charge < -0.3 is 19.4 Å². The zero-order valence-corrected chi connectivity index (χ0v) is 21.7. The zero-order valence-electron chi connectivity index (χ0n) is 20.1. The predicted molar refractivity (Wildman–Crippen MR) is 132 cm³/mol. The summed E-state index contributed by atoms with van der Waals surface area (Å²) >= 11 is 2.86. The minimum atomic E-state index is -0.368. The summed E-state index contributed by atoms with van der Waals surface area (Å²) < 4.78 is 13.4. The molecule has 0 aliphatic heterocycles. The number of thioether (sulfide) groups is 1. The molecule has 2 atom stereocenters. The smallest absolute Gasteiger partial charge is 0.239 e. The predicted octanol–water partition coefficient (Wildman–Crippen LogP) is 5.28. The Morgan fingerprint density at radius 2 is 1.91 bits per heavy atom. The summed E-state index contributed by atoms with van der Waals surface area (Å²) in [6.45, 7) is 12.7. The van der Waals surface area contributed by atoms with Crippen LogP contribution in [0.2, 0.25) is 0 Å². The van der Waals surface area contributed by atoms with E-state index in [0.717, 1.165) is 22.9 Å². The van der Waals surface area contributed by atoms with Crippen molar-refractivity contribution < 1.29 is 14.3 Å². The molecule has 0 fully saturated rings. The average Bonchev–Trinajstić information content (AvgIpc) is 3.29. The first-order chi connectivity index (χ1) is 15.7. The van der Waals surface area contributed by atoms with Crippen LogP contribution < -0.4 is 14.8 Å². The molecular formula is C23H31N5O3S2. The van der Waals surface area contributed by atoms with Gasteiger partial charge in [-0.25, -0.2) is 4.98 Å². The molecule has 0 bridgehead atoms. The van der Waals surface area contributed by atoms with Gasteiger partial charge in [0.2, 0.25) is 5.91 Å². The van der Waals surface area contributed by atoms with Crippen LogP contribution in [-0.4, -0.2) is 38.0 Å². The number of thiazole rings is 1. The van der Waals surface area contributed by atoms with Crippen LogP contribution in [0.5, 0.6) is 11.5 Å². The maximum Gasteiger partial charge on any atom is 0.239 e. The van der Waals surface area contributed by atoms with Gasteiger partial charge in [0.15, 0.2) is 22.2 Å². The number of hydrogen-bond donors (Lipinski definition) is 1. The second-order valence-electron chi connectivity index (χ2n) is 8.19. The Balaban J connectivity index is 1.75. The number of anilines is 1. The van der Waals surface area contributed by atoms with Gasteiger partial charge in [-0.3, -0.25) is 4.79 Å². The third kappa shape index (κ3) is 6.48. The highest BCUT2D eigenvalue weighted by molar-refractivity contribution is 8.00. The van der Waals surface area contributed by atoms with E-state index in [1.807, 2.05) is 56.5 Å². The molecule has 3 aromatic rings. The number of amides is 1.